The summed E-state index contributed by atoms with van der Waals surface area (Å²) in [5, 5.41) is 10.6. The van der Waals surface area contributed by atoms with Crippen LogP contribution in [0.5, 0.6) is 0 Å². The summed E-state index contributed by atoms with van der Waals surface area (Å²) in [7, 11) is 0. The van der Waals surface area contributed by atoms with E-state index in [1.165, 1.54) is 4.90 Å². The smallest absolute Gasteiger partial charge is 0.285 e. The molecule has 1 aromatic rings. The highest BCUT2D eigenvalue weighted by Crippen LogP contribution is 2.26. The zero-order chi connectivity index (χ0) is 14.2. The zero-order valence-electron chi connectivity index (χ0n) is 9.61. The molecule has 0 saturated carbocycles. The van der Waals surface area contributed by atoms with E-state index in [-0.39, 0.29) is 11.9 Å². The van der Waals surface area contributed by atoms with Gasteiger partial charge in [-0.3, -0.25) is 14.9 Å². The van der Waals surface area contributed by atoms with Crippen LogP contribution in [-0.4, -0.2) is 34.2 Å². The van der Waals surface area contributed by atoms with Crippen LogP contribution in [0.1, 0.15) is 16.8 Å². The highest BCUT2D eigenvalue weighted by Gasteiger charge is 2.31. The molecule has 19 heavy (non-hydrogen) atoms. The van der Waals surface area contributed by atoms with E-state index in [0.717, 1.165) is 0 Å². The summed E-state index contributed by atoms with van der Waals surface area (Å²) in [6.45, 7) is 0.569. The van der Waals surface area contributed by atoms with Crippen molar-refractivity contribution in [2.75, 3.05) is 13.1 Å². The van der Waals surface area contributed by atoms with Crippen molar-refractivity contribution >= 4 is 23.2 Å². The third kappa shape index (κ3) is 2.65. The number of nitro benzene ring substituents is 1. The number of carbonyl (C=O) groups is 1. The average molecular weight is 291 g/mol. The fraction of sp³-hybridized carbons (Fsp3) is 0.364. The van der Waals surface area contributed by atoms with Crippen molar-refractivity contribution in [1.82, 2.24) is 4.90 Å². The number of carbonyl (C=O) groups excluding carboxylic acids is 1. The number of halogens is 3. The Bertz CT molecular complexity index is 553. The van der Waals surface area contributed by atoms with Gasteiger partial charge in [0.2, 0.25) is 0 Å². The van der Waals surface area contributed by atoms with Gasteiger partial charge in [-0.2, -0.15) is 0 Å². The molecule has 0 N–H and O–H groups in total. The molecule has 1 aromatic carbocycles. The van der Waals surface area contributed by atoms with Crippen molar-refractivity contribution in [1.29, 1.82) is 0 Å². The fourth-order valence-electron chi connectivity index (χ4n) is 1.93. The van der Waals surface area contributed by atoms with Crippen LogP contribution in [-0.2, 0) is 0 Å². The molecule has 1 amide bonds. The number of likely N-dealkylation sites (tertiary alicyclic amines) is 1. The van der Waals surface area contributed by atoms with Gasteiger partial charge in [-0.25, -0.2) is 8.78 Å². The maximum absolute atomic E-state index is 13.2. The Labute approximate surface area is 111 Å². The highest BCUT2D eigenvalue weighted by molar-refractivity contribution is 6.21. The molecule has 1 fully saturated rings. The van der Waals surface area contributed by atoms with Crippen molar-refractivity contribution in [3.63, 3.8) is 0 Å². The SMILES string of the molecule is O=C(c1cc(F)c(F)cc1[N+](=O)[O-])N1CCC(Cl)C1. The summed E-state index contributed by atoms with van der Waals surface area (Å²) >= 11 is 5.84. The minimum absolute atomic E-state index is 0.228. The van der Waals surface area contributed by atoms with Gasteiger partial charge in [-0.05, 0) is 12.5 Å². The van der Waals surface area contributed by atoms with E-state index in [1.54, 1.807) is 0 Å². The predicted molar refractivity (Wildman–Crippen MR) is 63.2 cm³/mol. The molecule has 0 aromatic heterocycles. The Hall–Kier alpha value is -1.76. The summed E-state index contributed by atoms with van der Waals surface area (Å²) in [5.41, 5.74) is -1.21. The van der Waals surface area contributed by atoms with Crippen LogP contribution in [0, 0.1) is 21.7 Å². The molecule has 1 heterocycles. The van der Waals surface area contributed by atoms with Gasteiger partial charge in [0.15, 0.2) is 11.6 Å². The number of amides is 1. The first-order valence-electron chi connectivity index (χ1n) is 5.47. The van der Waals surface area contributed by atoms with Crippen LogP contribution in [0.3, 0.4) is 0 Å². The number of nitro groups is 1. The van der Waals surface area contributed by atoms with Gasteiger partial charge >= 0.3 is 0 Å². The van der Waals surface area contributed by atoms with E-state index in [2.05, 4.69) is 0 Å². The van der Waals surface area contributed by atoms with Gasteiger partial charge in [0.05, 0.1) is 16.4 Å². The quantitative estimate of drug-likeness (QED) is 0.477. The summed E-state index contributed by atoms with van der Waals surface area (Å²) in [6.07, 6.45) is 0.560. The van der Waals surface area contributed by atoms with E-state index < -0.39 is 33.7 Å². The number of hydrogen-bond donors (Lipinski definition) is 0. The molecular formula is C11H9ClF2N2O3. The molecule has 1 atom stereocenters. The van der Waals surface area contributed by atoms with E-state index in [0.29, 0.717) is 25.1 Å². The highest BCUT2D eigenvalue weighted by atomic mass is 35.5. The largest absolute Gasteiger partial charge is 0.337 e. The Kier molecular flexibility index (Phi) is 3.66. The lowest BCUT2D eigenvalue weighted by atomic mass is 10.1. The van der Waals surface area contributed by atoms with Crippen molar-refractivity contribution in [3.05, 3.63) is 39.4 Å². The third-order valence-corrected chi connectivity index (χ3v) is 3.24. The maximum Gasteiger partial charge on any atom is 0.285 e. The second kappa shape index (κ2) is 5.08. The summed E-state index contributed by atoms with van der Waals surface area (Å²) in [5.74, 6) is -3.37. The summed E-state index contributed by atoms with van der Waals surface area (Å²) in [6, 6.07) is 0.966. The second-order valence-electron chi connectivity index (χ2n) is 4.18. The van der Waals surface area contributed by atoms with Crippen molar-refractivity contribution < 1.29 is 18.5 Å². The van der Waals surface area contributed by atoms with Gasteiger partial charge in [0, 0.05) is 13.1 Å². The molecule has 1 unspecified atom stereocenters. The topological polar surface area (TPSA) is 63.4 Å². The van der Waals surface area contributed by atoms with Crippen LogP contribution < -0.4 is 0 Å². The van der Waals surface area contributed by atoms with Gasteiger partial charge in [0.1, 0.15) is 5.56 Å². The molecule has 5 nitrogen and oxygen atoms in total. The standard InChI is InChI=1S/C11H9ClF2N2O3/c12-6-1-2-15(5-6)11(17)7-3-8(13)9(14)4-10(7)16(18)19/h3-4,6H,1-2,5H2. The lowest BCUT2D eigenvalue weighted by Crippen LogP contribution is -2.29. The Morgan fingerprint density at radius 3 is 2.58 bits per heavy atom. The van der Waals surface area contributed by atoms with Gasteiger partial charge < -0.3 is 4.90 Å². The molecule has 0 spiro atoms. The van der Waals surface area contributed by atoms with E-state index in [1.807, 2.05) is 0 Å². The lowest BCUT2D eigenvalue weighted by molar-refractivity contribution is -0.385. The Morgan fingerprint density at radius 2 is 2.05 bits per heavy atom. The molecule has 1 aliphatic heterocycles. The number of benzene rings is 1. The average Bonchev–Trinajstić information content (AvgIpc) is 2.77. The van der Waals surface area contributed by atoms with Gasteiger partial charge in [-0.15, -0.1) is 11.6 Å². The van der Waals surface area contributed by atoms with Crippen LogP contribution in [0.25, 0.3) is 0 Å². The molecular weight excluding hydrogens is 282 g/mol. The molecule has 1 aliphatic rings. The third-order valence-electron chi connectivity index (χ3n) is 2.88. The zero-order valence-corrected chi connectivity index (χ0v) is 10.4. The Morgan fingerprint density at radius 1 is 1.42 bits per heavy atom. The first-order valence-corrected chi connectivity index (χ1v) is 5.90. The summed E-state index contributed by atoms with van der Waals surface area (Å²) in [4.78, 5) is 23.2. The van der Waals surface area contributed by atoms with Crippen LogP contribution >= 0.6 is 11.6 Å². The fourth-order valence-corrected chi connectivity index (χ4v) is 2.20. The molecule has 0 aliphatic carbocycles. The Balaban J connectivity index is 2.40. The molecule has 102 valence electrons. The first-order chi connectivity index (χ1) is 8.90. The van der Waals surface area contributed by atoms with Crippen LogP contribution in [0.15, 0.2) is 12.1 Å². The van der Waals surface area contributed by atoms with Crippen molar-refractivity contribution in [2.45, 2.75) is 11.8 Å². The number of alkyl halides is 1. The molecule has 2 rings (SSSR count). The monoisotopic (exact) mass is 290 g/mol. The summed E-state index contributed by atoms with van der Waals surface area (Å²) < 4.78 is 26.1. The normalized spacial score (nSPS) is 18.7. The van der Waals surface area contributed by atoms with Gasteiger partial charge in [0.25, 0.3) is 11.6 Å². The predicted octanol–water partition coefficient (Wildman–Crippen LogP) is 2.33. The molecule has 0 radical (unpaired) electrons. The van der Waals surface area contributed by atoms with E-state index >= 15 is 0 Å². The number of hydrogen-bond acceptors (Lipinski definition) is 3. The van der Waals surface area contributed by atoms with Crippen LogP contribution in [0.4, 0.5) is 14.5 Å². The molecule has 0 bridgehead atoms. The number of nitrogens with zero attached hydrogens (tertiary/aromatic N) is 2. The lowest BCUT2D eigenvalue weighted by Gasteiger charge is -2.15. The van der Waals surface area contributed by atoms with Gasteiger partial charge in [-0.1, -0.05) is 0 Å². The minimum Gasteiger partial charge on any atom is -0.337 e. The first kappa shape index (κ1) is 13.7. The maximum atomic E-state index is 13.2. The van der Waals surface area contributed by atoms with Crippen molar-refractivity contribution in [2.24, 2.45) is 0 Å². The number of rotatable bonds is 2. The minimum atomic E-state index is -1.36. The molecule has 8 heteroatoms. The van der Waals surface area contributed by atoms with E-state index in [4.69, 9.17) is 11.6 Å². The van der Waals surface area contributed by atoms with E-state index in [9.17, 15) is 23.7 Å². The van der Waals surface area contributed by atoms with Crippen molar-refractivity contribution in [3.8, 4) is 0 Å². The molecule has 1 saturated heterocycles. The second-order valence-corrected chi connectivity index (χ2v) is 4.79. The van der Waals surface area contributed by atoms with Crippen LogP contribution in [0.2, 0.25) is 0 Å².